The van der Waals surface area contributed by atoms with Crippen molar-refractivity contribution in [2.45, 2.75) is 0 Å². The molecule has 0 aliphatic carbocycles. The van der Waals surface area contributed by atoms with E-state index in [4.69, 9.17) is 5.73 Å². The molecule has 4 N–H and O–H groups in total. The van der Waals surface area contributed by atoms with Gasteiger partial charge in [-0.15, -0.1) is 0 Å². The summed E-state index contributed by atoms with van der Waals surface area (Å²) in [5, 5.41) is 11.2. The molecule has 0 bridgehead atoms. The number of nitrogens with one attached hydrogen (secondary N) is 1. The normalized spacial score (nSPS) is 11.3. The number of hydrogen-bond donors (Lipinski definition) is 3. The van der Waals surface area contributed by atoms with Gasteiger partial charge in [-0.3, -0.25) is 9.79 Å². The van der Waals surface area contributed by atoms with E-state index >= 15 is 0 Å². The maximum absolute atomic E-state index is 11.3. The SMILES string of the molecule is NC(=O)c1cccc(N=Cc2c(O)[nH]c3cc(-c4ccccc4)ccc23)c1. The second-order valence-corrected chi connectivity index (χ2v) is 6.19. The van der Waals surface area contributed by atoms with E-state index in [9.17, 15) is 9.90 Å². The highest BCUT2D eigenvalue weighted by molar-refractivity contribution is 6.03. The number of fused-ring (bicyclic) bond motifs is 1. The largest absolute Gasteiger partial charge is 0.494 e. The van der Waals surface area contributed by atoms with Crippen molar-refractivity contribution in [1.29, 1.82) is 0 Å². The van der Waals surface area contributed by atoms with Crippen LogP contribution in [0.2, 0.25) is 0 Å². The Bertz CT molecular complexity index is 1160. The van der Waals surface area contributed by atoms with Gasteiger partial charge in [0.1, 0.15) is 0 Å². The van der Waals surface area contributed by atoms with Crippen molar-refractivity contribution in [3.8, 4) is 17.0 Å². The van der Waals surface area contributed by atoms with Crippen LogP contribution in [0.4, 0.5) is 5.69 Å². The Morgan fingerprint density at radius 2 is 1.78 bits per heavy atom. The molecule has 0 unspecified atom stereocenters. The number of nitrogens with two attached hydrogens (primary N) is 1. The van der Waals surface area contributed by atoms with E-state index in [2.05, 4.69) is 9.98 Å². The van der Waals surface area contributed by atoms with Crippen molar-refractivity contribution in [2.75, 3.05) is 0 Å². The molecular weight excluding hydrogens is 338 g/mol. The highest BCUT2D eigenvalue weighted by Gasteiger charge is 2.10. The van der Waals surface area contributed by atoms with Crippen LogP contribution in [0.5, 0.6) is 5.88 Å². The summed E-state index contributed by atoms with van der Waals surface area (Å²) in [6.45, 7) is 0. The lowest BCUT2D eigenvalue weighted by Crippen LogP contribution is -2.10. The first-order chi connectivity index (χ1) is 13.1. The Kier molecular flexibility index (Phi) is 4.18. The van der Waals surface area contributed by atoms with E-state index in [1.807, 2.05) is 48.5 Å². The molecule has 5 heteroatoms. The van der Waals surface area contributed by atoms with E-state index in [1.54, 1.807) is 30.5 Å². The number of aromatic amines is 1. The average Bonchev–Trinajstić information content (AvgIpc) is 3.01. The summed E-state index contributed by atoms with van der Waals surface area (Å²) < 4.78 is 0. The smallest absolute Gasteiger partial charge is 0.248 e. The number of H-pyrrole nitrogens is 1. The number of carbonyl (C=O) groups excluding carboxylic acids is 1. The third-order valence-electron chi connectivity index (χ3n) is 4.40. The monoisotopic (exact) mass is 355 g/mol. The molecule has 0 spiro atoms. The molecule has 4 rings (SSSR count). The van der Waals surface area contributed by atoms with Gasteiger partial charge in [-0.2, -0.15) is 0 Å². The van der Waals surface area contributed by atoms with Gasteiger partial charge < -0.3 is 15.8 Å². The van der Waals surface area contributed by atoms with Crippen molar-refractivity contribution in [2.24, 2.45) is 10.7 Å². The molecule has 1 heterocycles. The molecule has 1 aromatic heterocycles. The minimum absolute atomic E-state index is 0.0463. The number of hydrogen-bond acceptors (Lipinski definition) is 3. The molecule has 3 aromatic carbocycles. The lowest BCUT2D eigenvalue weighted by Gasteiger charge is -2.01. The number of aromatic hydroxyl groups is 1. The van der Waals surface area contributed by atoms with E-state index in [-0.39, 0.29) is 5.88 Å². The second kappa shape index (κ2) is 6.80. The molecule has 0 atom stereocenters. The Balaban J connectivity index is 1.71. The van der Waals surface area contributed by atoms with E-state index in [0.29, 0.717) is 16.8 Å². The fourth-order valence-electron chi connectivity index (χ4n) is 3.02. The van der Waals surface area contributed by atoms with Crippen LogP contribution in [0.25, 0.3) is 22.0 Å². The Hall–Kier alpha value is -3.86. The van der Waals surface area contributed by atoms with Crippen LogP contribution < -0.4 is 5.73 Å². The fraction of sp³-hybridized carbons (Fsp3) is 0. The summed E-state index contributed by atoms with van der Waals surface area (Å²) in [4.78, 5) is 18.7. The zero-order valence-electron chi connectivity index (χ0n) is 14.4. The first-order valence-corrected chi connectivity index (χ1v) is 8.46. The number of amides is 1. The number of aromatic nitrogens is 1. The lowest BCUT2D eigenvalue weighted by molar-refractivity contribution is 0.100. The standard InChI is InChI=1S/C22H17N3O2/c23-21(26)16-7-4-8-17(11-16)24-13-19-18-10-9-15(12-20(18)25-22(19)27)14-5-2-1-3-6-14/h1-13,25,27H,(H2,23,26). The molecule has 0 fully saturated rings. The van der Waals surface area contributed by atoms with Crippen molar-refractivity contribution < 1.29 is 9.90 Å². The minimum Gasteiger partial charge on any atom is -0.494 e. The number of carbonyl (C=O) groups is 1. The zero-order chi connectivity index (χ0) is 18.8. The topological polar surface area (TPSA) is 91.5 Å². The first-order valence-electron chi connectivity index (χ1n) is 8.46. The highest BCUT2D eigenvalue weighted by atomic mass is 16.3. The fourth-order valence-corrected chi connectivity index (χ4v) is 3.02. The van der Waals surface area contributed by atoms with Gasteiger partial charge >= 0.3 is 0 Å². The maximum Gasteiger partial charge on any atom is 0.248 e. The van der Waals surface area contributed by atoms with Gasteiger partial charge in [0.15, 0.2) is 5.88 Å². The van der Waals surface area contributed by atoms with Crippen molar-refractivity contribution >= 4 is 28.7 Å². The van der Waals surface area contributed by atoms with Gasteiger partial charge in [-0.05, 0) is 35.4 Å². The van der Waals surface area contributed by atoms with Gasteiger partial charge in [0, 0.05) is 22.7 Å². The van der Waals surface area contributed by atoms with Gasteiger partial charge in [0.25, 0.3) is 0 Å². The number of aliphatic imine (C=N–C) groups is 1. The summed E-state index contributed by atoms with van der Waals surface area (Å²) in [7, 11) is 0. The number of primary amides is 1. The zero-order valence-corrected chi connectivity index (χ0v) is 14.4. The predicted molar refractivity (Wildman–Crippen MR) is 108 cm³/mol. The molecule has 27 heavy (non-hydrogen) atoms. The molecule has 4 aromatic rings. The summed E-state index contributed by atoms with van der Waals surface area (Å²) >= 11 is 0. The molecule has 5 nitrogen and oxygen atoms in total. The van der Waals surface area contributed by atoms with E-state index < -0.39 is 5.91 Å². The first kappa shape index (κ1) is 16.6. The molecule has 0 saturated heterocycles. The van der Waals surface area contributed by atoms with Crippen LogP contribution in [-0.2, 0) is 0 Å². The van der Waals surface area contributed by atoms with Gasteiger partial charge in [-0.1, -0.05) is 48.5 Å². The second-order valence-electron chi connectivity index (χ2n) is 6.19. The Morgan fingerprint density at radius 1 is 0.963 bits per heavy atom. The molecule has 0 aliphatic heterocycles. The summed E-state index contributed by atoms with van der Waals surface area (Å²) in [5.41, 5.74) is 9.84. The van der Waals surface area contributed by atoms with Crippen LogP contribution in [0.3, 0.4) is 0 Å². The number of nitrogens with zero attached hydrogens (tertiary/aromatic N) is 1. The molecule has 1 amide bonds. The molecule has 132 valence electrons. The third-order valence-corrected chi connectivity index (χ3v) is 4.40. The van der Waals surface area contributed by atoms with Crippen molar-refractivity contribution in [3.63, 3.8) is 0 Å². The van der Waals surface area contributed by atoms with Crippen LogP contribution in [0, 0.1) is 0 Å². The Labute approximate surface area is 155 Å². The summed E-state index contributed by atoms with van der Waals surface area (Å²) in [6.07, 6.45) is 1.58. The number of rotatable bonds is 4. The van der Waals surface area contributed by atoms with Crippen molar-refractivity contribution in [3.05, 3.63) is 83.9 Å². The van der Waals surface area contributed by atoms with Gasteiger partial charge in [-0.25, -0.2) is 0 Å². The summed E-state index contributed by atoms with van der Waals surface area (Å²) in [6, 6.07) is 22.7. The number of benzene rings is 3. The van der Waals surface area contributed by atoms with E-state index in [1.165, 1.54) is 0 Å². The highest BCUT2D eigenvalue weighted by Crippen LogP contribution is 2.30. The minimum atomic E-state index is -0.504. The molecule has 0 saturated carbocycles. The van der Waals surface area contributed by atoms with E-state index in [0.717, 1.165) is 22.0 Å². The Morgan fingerprint density at radius 3 is 2.56 bits per heavy atom. The third kappa shape index (κ3) is 3.30. The molecule has 0 aliphatic rings. The lowest BCUT2D eigenvalue weighted by atomic mass is 10.0. The van der Waals surface area contributed by atoms with Gasteiger partial charge in [0.2, 0.25) is 5.91 Å². The average molecular weight is 355 g/mol. The van der Waals surface area contributed by atoms with Gasteiger partial charge in [0.05, 0.1) is 11.3 Å². The van der Waals surface area contributed by atoms with Crippen molar-refractivity contribution in [1.82, 2.24) is 4.98 Å². The van der Waals surface area contributed by atoms with Crippen LogP contribution in [0.1, 0.15) is 15.9 Å². The molecular formula is C22H17N3O2. The predicted octanol–water partition coefficient (Wildman–Crippen LogP) is 4.39. The van der Waals surface area contributed by atoms with Crippen LogP contribution in [0.15, 0.2) is 77.8 Å². The maximum atomic E-state index is 11.3. The van der Waals surface area contributed by atoms with Crippen LogP contribution >= 0.6 is 0 Å². The molecule has 0 radical (unpaired) electrons. The summed E-state index contributed by atoms with van der Waals surface area (Å²) in [5.74, 6) is -0.458. The van der Waals surface area contributed by atoms with Crippen LogP contribution in [-0.4, -0.2) is 22.2 Å². The quantitative estimate of drug-likeness (QED) is 0.474.